The second-order valence-corrected chi connectivity index (χ2v) is 8.06. The maximum absolute atomic E-state index is 11.5. The Bertz CT molecular complexity index is 555. The van der Waals surface area contributed by atoms with Crippen LogP contribution in [0.15, 0.2) is 0 Å². The molecule has 2 saturated carbocycles. The van der Waals surface area contributed by atoms with E-state index in [1.54, 1.807) is 0 Å². The van der Waals surface area contributed by atoms with Gasteiger partial charge in [-0.25, -0.2) is 0 Å². The first-order valence-corrected chi connectivity index (χ1v) is 8.80. The number of fused-ring (bicyclic) bond motifs is 5. The highest BCUT2D eigenvalue weighted by molar-refractivity contribution is 7.86. The van der Waals surface area contributed by atoms with Crippen LogP contribution in [0.5, 0.6) is 0 Å². The van der Waals surface area contributed by atoms with Crippen LogP contribution in [0.1, 0.15) is 27.2 Å². The van der Waals surface area contributed by atoms with Gasteiger partial charge in [0, 0.05) is 12.8 Å². The molecule has 120 valence electrons. The minimum absolute atomic E-state index is 0.152. The number of rotatable bonds is 3. The third kappa shape index (κ3) is 2.69. The Morgan fingerprint density at radius 2 is 1.86 bits per heavy atom. The highest BCUT2D eigenvalue weighted by atomic mass is 32.2. The second-order valence-electron chi connectivity index (χ2n) is 6.45. The molecule has 0 radical (unpaired) electrons. The normalized spacial score (nSPS) is 43.8. The quantitative estimate of drug-likeness (QED) is 0.550. The van der Waals surface area contributed by atoms with Gasteiger partial charge in [0.2, 0.25) is 0 Å². The summed E-state index contributed by atoms with van der Waals surface area (Å²) in [5.74, 6) is -1.57. The van der Waals surface area contributed by atoms with Crippen LogP contribution in [0.4, 0.5) is 0 Å². The molecule has 3 aliphatic rings. The fourth-order valence-electron chi connectivity index (χ4n) is 3.90. The Kier molecular flexibility index (Phi) is 3.36. The third-order valence-corrected chi connectivity index (χ3v) is 4.88. The van der Waals surface area contributed by atoms with E-state index in [0.29, 0.717) is 6.42 Å². The van der Waals surface area contributed by atoms with Gasteiger partial charge in [-0.3, -0.25) is 8.98 Å². The summed E-state index contributed by atoms with van der Waals surface area (Å²) >= 11 is 0. The van der Waals surface area contributed by atoms with E-state index < -0.39 is 28.1 Å². The summed E-state index contributed by atoms with van der Waals surface area (Å²) in [6.07, 6.45) is 0.0739. The summed E-state index contributed by atoms with van der Waals surface area (Å²) in [7, 11) is -3.60. The smallest absolute Gasteiger partial charge is 0.302 e. The van der Waals surface area contributed by atoms with Gasteiger partial charge >= 0.3 is 5.97 Å². The molecule has 21 heavy (non-hydrogen) atoms. The predicted octanol–water partition coefficient (Wildman–Crippen LogP) is 0.433. The Hall–Kier alpha value is -0.700. The first-order chi connectivity index (χ1) is 9.57. The lowest BCUT2D eigenvalue weighted by Crippen LogP contribution is -2.40. The monoisotopic (exact) mass is 320 g/mol. The molecular weight excluding hydrogens is 300 g/mol. The number of ether oxygens (including phenoxy) is 3. The van der Waals surface area contributed by atoms with Crippen molar-refractivity contribution in [2.45, 2.75) is 57.4 Å². The molecule has 0 N–H and O–H groups in total. The number of hydrogen-bond acceptors (Lipinski definition) is 7. The lowest BCUT2D eigenvalue weighted by molar-refractivity contribution is -0.169. The zero-order chi connectivity index (χ0) is 15.6. The Labute approximate surface area is 124 Å². The van der Waals surface area contributed by atoms with Gasteiger partial charge in [-0.05, 0) is 20.3 Å². The van der Waals surface area contributed by atoms with Crippen LogP contribution in [0.3, 0.4) is 0 Å². The molecule has 0 spiro atoms. The first kappa shape index (κ1) is 15.2. The van der Waals surface area contributed by atoms with Crippen molar-refractivity contribution in [3.05, 3.63) is 0 Å². The summed E-state index contributed by atoms with van der Waals surface area (Å²) in [6, 6.07) is 0. The highest BCUT2D eigenvalue weighted by Crippen LogP contribution is 2.55. The lowest BCUT2D eigenvalue weighted by Gasteiger charge is -2.28. The number of hydrogen-bond donors (Lipinski definition) is 0. The van der Waals surface area contributed by atoms with Crippen molar-refractivity contribution < 1.29 is 31.6 Å². The fraction of sp³-hybridized carbons (Fsp3) is 0.923. The molecule has 0 amide bonds. The van der Waals surface area contributed by atoms with E-state index in [9.17, 15) is 13.2 Å². The minimum Gasteiger partial charge on any atom is -0.462 e. The molecule has 1 saturated heterocycles. The van der Waals surface area contributed by atoms with Crippen LogP contribution >= 0.6 is 0 Å². The average molecular weight is 320 g/mol. The average Bonchev–Trinajstić information content (AvgIpc) is 2.80. The molecule has 0 aromatic rings. The van der Waals surface area contributed by atoms with Crippen molar-refractivity contribution in [3.63, 3.8) is 0 Å². The largest absolute Gasteiger partial charge is 0.462 e. The summed E-state index contributed by atoms with van der Waals surface area (Å²) in [5.41, 5.74) is 0. The molecule has 1 aliphatic heterocycles. The van der Waals surface area contributed by atoms with Gasteiger partial charge in [-0.15, -0.1) is 0 Å². The third-order valence-electron chi connectivity index (χ3n) is 4.30. The Morgan fingerprint density at radius 3 is 2.43 bits per heavy atom. The minimum atomic E-state index is -3.60. The highest BCUT2D eigenvalue weighted by Gasteiger charge is 2.67. The molecular formula is C13H20O7S. The molecule has 2 bridgehead atoms. The van der Waals surface area contributed by atoms with Crippen LogP contribution in [0.2, 0.25) is 0 Å². The molecule has 3 rings (SSSR count). The van der Waals surface area contributed by atoms with Crippen LogP contribution in [0, 0.1) is 11.8 Å². The Morgan fingerprint density at radius 1 is 1.24 bits per heavy atom. The van der Waals surface area contributed by atoms with Crippen molar-refractivity contribution in [1.82, 2.24) is 0 Å². The number of esters is 1. The first-order valence-electron chi connectivity index (χ1n) is 6.98. The molecule has 1 heterocycles. The Balaban J connectivity index is 1.87. The molecule has 7 nitrogen and oxygen atoms in total. The van der Waals surface area contributed by atoms with Gasteiger partial charge in [-0.1, -0.05) is 0 Å². The maximum atomic E-state index is 11.5. The van der Waals surface area contributed by atoms with Crippen LogP contribution < -0.4 is 0 Å². The van der Waals surface area contributed by atoms with E-state index in [1.807, 2.05) is 13.8 Å². The van der Waals surface area contributed by atoms with Crippen molar-refractivity contribution in [3.8, 4) is 0 Å². The van der Waals surface area contributed by atoms with Gasteiger partial charge in [0.25, 0.3) is 10.1 Å². The van der Waals surface area contributed by atoms with Crippen molar-refractivity contribution >= 4 is 16.1 Å². The lowest BCUT2D eigenvalue weighted by atomic mass is 9.92. The fourth-order valence-corrected chi connectivity index (χ4v) is 4.57. The zero-order valence-electron chi connectivity index (χ0n) is 12.4. The molecule has 8 heteroatoms. The second kappa shape index (κ2) is 4.65. The molecule has 0 aromatic heterocycles. The van der Waals surface area contributed by atoms with Gasteiger partial charge < -0.3 is 14.2 Å². The standard InChI is InChI=1S/C13H20O7S/c1-6(14)17-8-5-7-10(20-21(4,15)16)9(8)12-11(7)18-13(2,3)19-12/h7-12H,5H2,1-4H3/t7-,8+,9+,10-,11+,12-/m1/s1. The molecule has 6 atom stereocenters. The number of carbonyl (C=O) groups is 1. The zero-order valence-corrected chi connectivity index (χ0v) is 13.3. The van der Waals surface area contributed by atoms with Gasteiger partial charge in [-0.2, -0.15) is 8.42 Å². The molecule has 0 unspecified atom stereocenters. The van der Waals surface area contributed by atoms with Crippen LogP contribution in [0.25, 0.3) is 0 Å². The predicted molar refractivity (Wildman–Crippen MR) is 70.7 cm³/mol. The van der Waals surface area contributed by atoms with E-state index in [1.165, 1.54) is 6.92 Å². The van der Waals surface area contributed by atoms with Gasteiger partial charge in [0.1, 0.15) is 6.10 Å². The van der Waals surface area contributed by atoms with E-state index >= 15 is 0 Å². The van der Waals surface area contributed by atoms with Gasteiger partial charge in [0.15, 0.2) is 5.79 Å². The topological polar surface area (TPSA) is 88.1 Å². The van der Waals surface area contributed by atoms with E-state index in [2.05, 4.69) is 0 Å². The SMILES string of the molecule is CC(=O)O[C@H]1C[C@@H]2[C@@H](OS(C)(=O)=O)[C@H]1[C@H]1OC(C)(C)O[C@@H]21. The molecule has 2 aliphatic carbocycles. The maximum Gasteiger partial charge on any atom is 0.302 e. The summed E-state index contributed by atoms with van der Waals surface area (Å²) in [4.78, 5) is 11.2. The number of carbonyl (C=O) groups excluding carboxylic acids is 1. The van der Waals surface area contributed by atoms with E-state index in [4.69, 9.17) is 18.4 Å². The van der Waals surface area contributed by atoms with Crippen LogP contribution in [-0.2, 0) is 33.3 Å². The molecule has 0 aromatic carbocycles. The van der Waals surface area contributed by atoms with E-state index in [-0.39, 0.29) is 30.0 Å². The van der Waals surface area contributed by atoms with E-state index in [0.717, 1.165) is 6.26 Å². The van der Waals surface area contributed by atoms with Gasteiger partial charge in [0.05, 0.1) is 30.5 Å². The van der Waals surface area contributed by atoms with Crippen molar-refractivity contribution in [2.24, 2.45) is 11.8 Å². The van der Waals surface area contributed by atoms with Crippen molar-refractivity contribution in [2.75, 3.05) is 6.26 Å². The summed E-state index contributed by atoms with van der Waals surface area (Å²) < 4.78 is 45.2. The summed E-state index contributed by atoms with van der Waals surface area (Å²) in [6.45, 7) is 4.97. The molecule has 3 fully saturated rings. The summed E-state index contributed by atoms with van der Waals surface area (Å²) in [5, 5.41) is 0. The van der Waals surface area contributed by atoms with Crippen LogP contribution in [-0.4, -0.2) is 50.8 Å². The van der Waals surface area contributed by atoms with Crippen molar-refractivity contribution in [1.29, 1.82) is 0 Å².